The molecule has 3 aliphatic carbocycles. The molecule has 1 nitrogen and oxygen atoms in total. The zero-order chi connectivity index (χ0) is 45.3. The molecule has 0 N–H and O–H groups in total. The minimum Gasteiger partial charge on any atom is -0.256 e. The molecule has 6 aromatic rings. The summed E-state index contributed by atoms with van der Waals surface area (Å²) in [6, 6.07) is 45.4. The van der Waals surface area contributed by atoms with Gasteiger partial charge in [0.25, 0.3) is 0 Å². The lowest BCUT2D eigenvalue weighted by molar-refractivity contribution is 0.283. The van der Waals surface area contributed by atoms with Crippen LogP contribution in [0.25, 0.3) is 55.8 Å². The van der Waals surface area contributed by atoms with Gasteiger partial charge < -0.3 is 0 Å². The monoisotopic (exact) mass is 846 g/mol. The zero-order valence-electron chi connectivity index (χ0n) is 41.3. The Morgan fingerprint density at radius 3 is 1.42 bits per heavy atom. The van der Waals surface area contributed by atoms with Crippen LogP contribution in [-0.2, 0) is 28.1 Å². The molecular weight excluding hydrogens is 771 g/mol. The molecule has 64 heavy (non-hydrogen) atoms. The van der Waals surface area contributed by atoms with Gasteiger partial charge in [0.1, 0.15) is 0 Å². The van der Waals surface area contributed by atoms with Gasteiger partial charge in [-0.1, -0.05) is 180 Å². The molecule has 1 heteroatoms. The number of hydrogen-bond donors (Lipinski definition) is 0. The second-order valence-corrected chi connectivity index (χ2v) is 24.2. The Hall–Kier alpha value is -4.75. The van der Waals surface area contributed by atoms with Gasteiger partial charge in [-0.05, 0) is 170 Å². The molecule has 1 heterocycles. The van der Waals surface area contributed by atoms with Crippen LogP contribution in [-0.4, -0.2) is 4.98 Å². The third-order valence-corrected chi connectivity index (χ3v) is 15.8. The molecule has 0 atom stereocenters. The number of aromatic nitrogens is 1. The summed E-state index contributed by atoms with van der Waals surface area (Å²) in [4.78, 5) is 5.25. The van der Waals surface area contributed by atoms with Crippen LogP contribution in [0.4, 0.5) is 0 Å². The van der Waals surface area contributed by atoms with E-state index in [9.17, 15) is 0 Å². The summed E-state index contributed by atoms with van der Waals surface area (Å²) in [5, 5.41) is 0. The summed E-state index contributed by atoms with van der Waals surface area (Å²) in [6.45, 7) is 25.9. The first-order valence-corrected chi connectivity index (χ1v) is 24.9. The van der Waals surface area contributed by atoms with Gasteiger partial charge in [-0.2, -0.15) is 0 Å². The lowest BCUT2D eigenvalue weighted by Crippen LogP contribution is -2.43. The highest BCUT2D eigenvalue weighted by Crippen LogP contribution is 2.69. The van der Waals surface area contributed by atoms with Crippen molar-refractivity contribution in [1.29, 1.82) is 0 Å². The van der Waals surface area contributed by atoms with E-state index < -0.39 is 0 Å². The van der Waals surface area contributed by atoms with Crippen molar-refractivity contribution in [3.63, 3.8) is 0 Å². The molecule has 9 rings (SSSR count). The van der Waals surface area contributed by atoms with Crippen molar-refractivity contribution >= 4 is 0 Å². The summed E-state index contributed by atoms with van der Waals surface area (Å²) in [6.07, 6.45) is 16.1. The van der Waals surface area contributed by atoms with E-state index in [0.29, 0.717) is 5.41 Å². The van der Waals surface area contributed by atoms with E-state index >= 15 is 0 Å². The quantitative estimate of drug-likeness (QED) is 0.127. The Bertz CT molecular complexity index is 2540. The second-order valence-electron chi connectivity index (χ2n) is 24.2. The molecule has 1 aromatic heterocycles. The highest BCUT2D eigenvalue weighted by atomic mass is 14.7. The molecule has 0 amide bonds. The normalized spacial score (nSPS) is 19.5. The van der Waals surface area contributed by atoms with Crippen molar-refractivity contribution < 1.29 is 0 Å². The van der Waals surface area contributed by atoms with Gasteiger partial charge in [-0.25, -0.2) is 0 Å². The van der Waals surface area contributed by atoms with E-state index in [2.05, 4.69) is 198 Å². The fourth-order valence-electron chi connectivity index (χ4n) is 13.7. The lowest BCUT2D eigenvalue weighted by atomic mass is 9.55. The van der Waals surface area contributed by atoms with Crippen LogP contribution < -0.4 is 0 Å². The van der Waals surface area contributed by atoms with Crippen molar-refractivity contribution in [1.82, 2.24) is 4.98 Å². The number of nitrogens with zero attached hydrogens (tertiary/aromatic N) is 1. The van der Waals surface area contributed by atoms with E-state index in [1.165, 1.54) is 119 Å². The van der Waals surface area contributed by atoms with E-state index in [1.54, 1.807) is 11.1 Å². The Kier molecular flexibility index (Phi) is 11.3. The van der Waals surface area contributed by atoms with E-state index in [-0.39, 0.29) is 27.1 Å². The van der Waals surface area contributed by atoms with Crippen molar-refractivity contribution in [3.8, 4) is 55.8 Å². The van der Waals surface area contributed by atoms with Gasteiger partial charge in [0.15, 0.2) is 0 Å². The molecule has 0 saturated heterocycles. The Morgan fingerprint density at radius 1 is 0.453 bits per heavy atom. The first-order valence-electron chi connectivity index (χ1n) is 24.9. The van der Waals surface area contributed by atoms with Crippen LogP contribution in [0.1, 0.15) is 168 Å². The topological polar surface area (TPSA) is 12.9 Å². The molecule has 0 radical (unpaired) electrons. The van der Waals surface area contributed by atoms with Crippen LogP contribution in [0.3, 0.4) is 0 Å². The van der Waals surface area contributed by atoms with Gasteiger partial charge in [-0.3, -0.25) is 4.98 Å². The molecule has 0 bridgehead atoms. The first kappa shape index (κ1) is 44.5. The van der Waals surface area contributed by atoms with Crippen molar-refractivity contribution in [2.24, 2.45) is 10.8 Å². The fourth-order valence-corrected chi connectivity index (χ4v) is 13.7. The number of pyridine rings is 1. The maximum absolute atomic E-state index is 5.25. The SMILES string of the molecule is CCCCc1ccc2c(c1)C13CCCC1(CCC3)c1ccc(-c3ccc(-c4cc(-c5ccc(C(C)(C)CC(C)(C)C)cc5)cc(-c5ccc(C(C)(C)CC(C)(C)C)cc5)c4)cn3)cc1-2. The smallest absolute Gasteiger partial charge is 0.0702 e. The molecular formula is C63H75N. The highest BCUT2D eigenvalue weighted by Gasteiger charge is 2.62. The largest absolute Gasteiger partial charge is 0.256 e. The molecule has 332 valence electrons. The van der Waals surface area contributed by atoms with Crippen molar-refractivity contribution in [2.45, 2.75) is 168 Å². The molecule has 0 unspecified atom stereocenters. The second kappa shape index (κ2) is 16.3. The first-order chi connectivity index (χ1) is 30.3. The predicted molar refractivity (Wildman–Crippen MR) is 275 cm³/mol. The van der Waals surface area contributed by atoms with Crippen LogP contribution in [0, 0.1) is 10.8 Å². The van der Waals surface area contributed by atoms with Gasteiger partial charge in [-0.15, -0.1) is 0 Å². The third-order valence-electron chi connectivity index (χ3n) is 15.8. The Labute approximate surface area is 387 Å². The van der Waals surface area contributed by atoms with Crippen LogP contribution in [0.5, 0.6) is 0 Å². The van der Waals surface area contributed by atoms with Gasteiger partial charge in [0, 0.05) is 28.2 Å². The minimum absolute atomic E-state index is 0.0935. The van der Waals surface area contributed by atoms with Crippen LogP contribution in [0.2, 0.25) is 0 Å². The average molecular weight is 846 g/mol. The molecule has 2 saturated carbocycles. The average Bonchev–Trinajstić information content (AvgIpc) is 3.83. The minimum atomic E-state index is 0.0935. The number of unbranched alkanes of at least 4 members (excludes halogenated alkanes) is 1. The number of rotatable bonds is 11. The predicted octanol–water partition coefficient (Wildman–Crippen LogP) is 18.0. The van der Waals surface area contributed by atoms with Crippen molar-refractivity contribution in [2.75, 3.05) is 0 Å². The van der Waals surface area contributed by atoms with E-state index in [0.717, 1.165) is 24.1 Å². The van der Waals surface area contributed by atoms with Crippen LogP contribution in [0.15, 0.2) is 121 Å². The lowest BCUT2D eigenvalue weighted by Gasteiger charge is -2.48. The standard InChI is InChI=1S/C63H75N/c1-12-13-16-43-17-28-53-54-39-46(22-29-55(54)62-31-14-33-63(62,34-15-32-62)56(53)35-43)57-30-23-47(40-64-57)50-37-48(44-18-24-51(25-19-44)60(8,9)41-58(2,3)4)36-49(38-50)45-20-26-52(27-21-45)61(10,11)42-59(5,6)7/h17-30,35-40H,12-16,31-34,41-42H2,1-11H3. The number of fused-ring (bicyclic) bond motifs is 3. The van der Waals surface area contributed by atoms with Gasteiger partial charge in [0.2, 0.25) is 0 Å². The maximum Gasteiger partial charge on any atom is 0.0702 e. The van der Waals surface area contributed by atoms with E-state index in [1.807, 2.05) is 0 Å². The molecule has 0 spiro atoms. The van der Waals surface area contributed by atoms with Crippen molar-refractivity contribution in [3.05, 3.63) is 149 Å². The fraction of sp³-hybridized carbons (Fsp3) is 0.444. The molecule has 0 aliphatic heterocycles. The van der Waals surface area contributed by atoms with Gasteiger partial charge >= 0.3 is 0 Å². The third kappa shape index (κ3) is 8.24. The highest BCUT2D eigenvalue weighted by molar-refractivity contribution is 5.84. The molecule has 5 aromatic carbocycles. The number of hydrogen-bond acceptors (Lipinski definition) is 1. The number of aryl methyl sites for hydroxylation is 1. The summed E-state index contributed by atoms with van der Waals surface area (Å²) < 4.78 is 0. The summed E-state index contributed by atoms with van der Waals surface area (Å²) in [5.74, 6) is 0. The summed E-state index contributed by atoms with van der Waals surface area (Å²) >= 11 is 0. The Morgan fingerprint density at radius 2 is 0.938 bits per heavy atom. The summed E-state index contributed by atoms with van der Waals surface area (Å²) in [7, 11) is 0. The Balaban J connectivity index is 1.08. The van der Waals surface area contributed by atoms with E-state index in [4.69, 9.17) is 4.98 Å². The maximum atomic E-state index is 5.25. The molecule has 2 fully saturated rings. The number of benzene rings is 5. The summed E-state index contributed by atoms with van der Waals surface area (Å²) in [5.41, 5.74) is 21.3. The van der Waals surface area contributed by atoms with Crippen LogP contribution >= 0.6 is 0 Å². The zero-order valence-corrected chi connectivity index (χ0v) is 41.3. The van der Waals surface area contributed by atoms with Gasteiger partial charge in [0.05, 0.1) is 5.69 Å². The molecule has 3 aliphatic rings.